The van der Waals surface area contributed by atoms with Gasteiger partial charge in [0.15, 0.2) is 0 Å². The Balaban J connectivity index is 2.88. The SMILES string of the molecule is N=Nc1cccc2n[nH]nc12. The molecule has 0 aliphatic carbocycles. The maximum atomic E-state index is 6.81. The Kier molecular flexibility index (Phi) is 1.15. The lowest BCUT2D eigenvalue weighted by atomic mass is 10.3. The van der Waals surface area contributed by atoms with Crippen LogP contribution in [0.4, 0.5) is 5.69 Å². The zero-order valence-corrected chi connectivity index (χ0v) is 5.57. The van der Waals surface area contributed by atoms with Crippen LogP contribution in [0.15, 0.2) is 23.3 Å². The number of para-hydroxylation sites is 1. The van der Waals surface area contributed by atoms with Crippen molar-refractivity contribution in [3.63, 3.8) is 0 Å². The van der Waals surface area contributed by atoms with Crippen molar-refractivity contribution in [1.29, 1.82) is 5.53 Å². The summed E-state index contributed by atoms with van der Waals surface area (Å²) in [6, 6.07) is 5.32. The molecule has 5 nitrogen and oxygen atoms in total. The maximum Gasteiger partial charge on any atom is 0.140 e. The Hall–Kier alpha value is -1.78. The number of aromatic amines is 1. The first-order valence-corrected chi connectivity index (χ1v) is 3.09. The zero-order chi connectivity index (χ0) is 7.68. The third-order valence-corrected chi connectivity index (χ3v) is 1.45. The highest BCUT2D eigenvalue weighted by Gasteiger charge is 2.01. The van der Waals surface area contributed by atoms with Gasteiger partial charge in [-0.25, -0.2) is 5.53 Å². The van der Waals surface area contributed by atoms with Crippen LogP contribution in [-0.2, 0) is 0 Å². The minimum absolute atomic E-state index is 0.538. The standard InChI is InChI=1S/C6H5N5/c7-8-4-2-1-3-5-6(4)10-11-9-5/h1-3,7H,(H,9,10,11). The van der Waals surface area contributed by atoms with E-state index in [1.807, 2.05) is 6.07 Å². The molecular formula is C6H5N5. The Morgan fingerprint density at radius 2 is 2.27 bits per heavy atom. The van der Waals surface area contributed by atoms with E-state index in [9.17, 15) is 0 Å². The smallest absolute Gasteiger partial charge is 0.140 e. The summed E-state index contributed by atoms with van der Waals surface area (Å²) in [4.78, 5) is 0. The van der Waals surface area contributed by atoms with Gasteiger partial charge in [-0.1, -0.05) is 6.07 Å². The summed E-state index contributed by atoms with van der Waals surface area (Å²) in [5.74, 6) is 0. The van der Waals surface area contributed by atoms with Gasteiger partial charge in [-0.2, -0.15) is 20.5 Å². The third kappa shape index (κ3) is 0.778. The van der Waals surface area contributed by atoms with Crippen molar-refractivity contribution in [3.8, 4) is 0 Å². The van der Waals surface area contributed by atoms with Crippen molar-refractivity contribution in [2.45, 2.75) is 0 Å². The lowest BCUT2D eigenvalue weighted by molar-refractivity contribution is 0.958. The van der Waals surface area contributed by atoms with E-state index in [0.29, 0.717) is 11.2 Å². The second kappa shape index (κ2) is 2.12. The number of rotatable bonds is 1. The predicted octanol–water partition coefficient (Wildman–Crippen LogP) is 1.62. The van der Waals surface area contributed by atoms with Gasteiger partial charge in [0.05, 0.1) is 0 Å². The first kappa shape index (κ1) is 5.96. The molecule has 2 N–H and O–H groups in total. The van der Waals surface area contributed by atoms with Crippen LogP contribution in [0.1, 0.15) is 0 Å². The monoisotopic (exact) mass is 147 g/mol. The summed E-state index contributed by atoms with van der Waals surface area (Å²) in [6.07, 6.45) is 0. The second-order valence-corrected chi connectivity index (χ2v) is 2.08. The highest BCUT2D eigenvalue weighted by Crippen LogP contribution is 2.20. The van der Waals surface area contributed by atoms with E-state index in [1.165, 1.54) is 0 Å². The van der Waals surface area contributed by atoms with E-state index in [2.05, 4.69) is 20.5 Å². The molecule has 0 spiro atoms. The van der Waals surface area contributed by atoms with Gasteiger partial charge in [0.2, 0.25) is 0 Å². The van der Waals surface area contributed by atoms with Crippen LogP contribution in [0.2, 0.25) is 0 Å². The molecule has 0 saturated carbocycles. The molecule has 11 heavy (non-hydrogen) atoms. The average Bonchev–Trinajstić information content (AvgIpc) is 2.50. The van der Waals surface area contributed by atoms with Gasteiger partial charge in [0.25, 0.3) is 0 Å². The average molecular weight is 147 g/mol. The number of nitrogens with one attached hydrogen (secondary N) is 2. The molecule has 0 unspecified atom stereocenters. The zero-order valence-electron chi connectivity index (χ0n) is 5.57. The Morgan fingerprint density at radius 3 is 3.09 bits per heavy atom. The number of nitrogens with zero attached hydrogens (tertiary/aromatic N) is 3. The summed E-state index contributed by atoms with van der Waals surface area (Å²) in [7, 11) is 0. The van der Waals surface area contributed by atoms with Crippen molar-refractivity contribution in [2.75, 3.05) is 0 Å². The van der Waals surface area contributed by atoms with Crippen LogP contribution in [0, 0.1) is 5.53 Å². The largest absolute Gasteiger partial charge is 0.204 e. The first-order chi connectivity index (χ1) is 5.42. The molecule has 0 fully saturated rings. The molecule has 0 radical (unpaired) electrons. The van der Waals surface area contributed by atoms with Gasteiger partial charge in [0.1, 0.15) is 16.7 Å². The minimum Gasteiger partial charge on any atom is -0.204 e. The number of fused-ring (bicyclic) bond motifs is 1. The van der Waals surface area contributed by atoms with Gasteiger partial charge in [-0.05, 0) is 12.1 Å². The molecule has 0 atom stereocenters. The summed E-state index contributed by atoms with van der Waals surface area (Å²) in [5, 5.41) is 13.5. The van der Waals surface area contributed by atoms with E-state index in [-0.39, 0.29) is 0 Å². The van der Waals surface area contributed by atoms with Gasteiger partial charge in [-0.15, -0.1) is 0 Å². The molecule has 0 aliphatic heterocycles. The fourth-order valence-corrected chi connectivity index (χ4v) is 0.943. The number of benzene rings is 1. The van der Waals surface area contributed by atoms with Crippen molar-refractivity contribution in [3.05, 3.63) is 18.2 Å². The Bertz CT molecular complexity index is 391. The van der Waals surface area contributed by atoms with Gasteiger partial charge in [-0.3, -0.25) is 0 Å². The van der Waals surface area contributed by atoms with E-state index < -0.39 is 0 Å². The molecule has 0 bridgehead atoms. The van der Waals surface area contributed by atoms with Gasteiger partial charge in [0, 0.05) is 0 Å². The van der Waals surface area contributed by atoms with Crippen molar-refractivity contribution in [2.24, 2.45) is 5.11 Å². The Labute approximate surface area is 61.9 Å². The molecule has 5 heteroatoms. The van der Waals surface area contributed by atoms with Crippen molar-refractivity contribution < 1.29 is 0 Å². The molecule has 0 amide bonds. The molecule has 1 aromatic heterocycles. The fourth-order valence-electron chi connectivity index (χ4n) is 0.943. The Morgan fingerprint density at radius 1 is 1.36 bits per heavy atom. The molecular weight excluding hydrogens is 142 g/mol. The normalized spacial score (nSPS) is 10.2. The summed E-state index contributed by atoms with van der Waals surface area (Å²) >= 11 is 0. The van der Waals surface area contributed by atoms with E-state index >= 15 is 0 Å². The third-order valence-electron chi connectivity index (χ3n) is 1.45. The van der Waals surface area contributed by atoms with Crippen molar-refractivity contribution in [1.82, 2.24) is 15.4 Å². The minimum atomic E-state index is 0.538. The predicted molar refractivity (Wildman–Crippen MR) is 38.7 cm³/mol. The first-order valence-electron chi connectivity index (χ1n) is 3.09. The highest BCUT2D eigenvalue weighted by atomic mass is 15.3. The molecule has 0 aliphatic rings. The molecule has 1 aromatic carbocycles. The summed E-state index contributed by atoms with van der Waals surface area (Å²) in [5.41, 5.74) is 8.72. The topological polar surface area (TPSA) is 77.8 Å². The summed E-state index contributed by atoms with van der Waals surface area (Å²) in [6.45, 7) is 0. The molecule has 2 rings (SSSR count). The molecule has 0 saturated heterocycles. The van der Waals surface area contributed by atoms with Crippen LogP contribution in [0.25, 0.3) is 11.0 Å². The second-order valence-electron chi connectivity index (χ2n) is 2.08. The van der Waals surface area contributed by atoms with Crippen LogP contribution < -0.4 is 0 Å². The van der Waals surface area contributed by atoms with E-state index in [1.54, 1.807) is 12.1 Å². The molecule has 54 valence electrons. The van der Waals surface area contributed by atoms with Crippen molar-refractivity contribution >= 4 is 16.7 Å². The number of aromatic nitrogens is 3. The lowest BCUT2D eigenvalue weighted by Gasteiger charge is -1.87. The molecule has 2 aromatic rings. The van der Waals surface area contributed by atoms with Crippen LogP contribution in [0.5, 0.6) is 0 Å². The van der Waals surface area contributed by atoms with Crippen LogP contribution in [-0.4, -0.2) is 15.4 Å². The molecule has 1 heterocycles. The summed E-state index contributed by atoms with van der Waals surface area (Å²) < 4.78 is 0. The number of hydrogen-bond donors (Lipinski definition) is 2. The quantitative estimate of drug-likeness (QED) is 0.601. The fraction of sp³-hybridized carbons (Fsp3) is 0. The number of hydrogen-bond acceptors (Lipinski definition) is 4. The number of H-pyrrole nitrogens is 1. The highest BCUT2D eigenvalue weighted by molar-refractivity contribution is 5.84. The lowest BCUT2D eigenvalue weighted by Crippen LogP contribution is -1.68. The van der Waals surface area contributed by atoms with Gasteiger partial charge < -0.3 is 0 Å². The maximum absolute atomic E-state index is 6.81. The van der Waals surface area contributed by atoms with E-state index in [0.717, 1.165) is 5.52 Å². The van der Waals surface area contributed by atoms with Crippen LogP contribution in [0.3, 0.4) is 0 Å². The van der Waals surface area contributed by atoms with E-state index in [4.69, 9.17) is 5.53 Å². The van der Waals surface area contributed by atoms with Gasteiger partial charge >= 0.3 is 0 Å². The van der Waals surface area contributed by atoms with Crippen LogP contribution >= 0.6 is 0 Å².